The first-order valence-corrected chi connectivity index (χ1v) is 11.2. The highest BCUT2D eigenvalue weighted by Gasteiger charge is 2.34. The topological polar surface area (TPSA) is 66.4 Å². The van der Waals surface area contributed by atoms with Crippen LogP contribution in [0.1, 0.15) is 13.8 Å². The number of hydrogen-bond acceptors (Lipinski definition) is 6. The molecule has 1 fully saturated rings. The number of nitrogens with zero attached hydrogens (tertiary/aromatic N) is 4. The molecule has 2 aromatic rings. The lowest BCUT2D eigenvalue weighted by Crippen LogP contribution is -2.60. The second-order valence-corrected chi connectivity index (χ2v) is 8.84. The van der Waals surface area contributed by atoms with Crippen LogP contribution in [0.25, 0.3) is 0 Å². The van der Waals surface area contributed by atoms with Gasteiger partial charge in [0.2, 0.25) is 11.8 Å². The van der Waals surface area contributed by atoms with E-state index in [-0.39, 0.29) is 23.9 Å². The minimum atomic E-state index is 0.00386. The van der Waals surface area contributed by atoms with Gasteiger partial charge in [-0.1, -0.05) is 0 Å². The first kappa shape index (κ1) is 20.7. The standard InChI is InChI=1S/C20H24N4O2S2/c1-15-11-23(19(25)13-27-17-3-7-21-8-4-17)12-16(2)24(15)20(26)14-28-18-5-9-22-10-6-18/h3-10,15-16H,11-14H2,1-2H3/t15-,16+. The van der Waals surface area contributed by atoms with Crippen molar-refractivity contribution in [2.24, 2.45) is 0 Å². The van der Waals surface area contributed by atoms with E-state index < -0.39 is 0 Å². The van der Waals surface area contributed by atoms with E-state index >= 15 is 0 Å². The molecule has 3 rings (SSSR count). The number of piperazine rings is 1. The zero-order valence-electron chi connectivity index (χ0n) is 16.0. The first-order chi connectivity index (χ1) is 13.5. The van der Waals surface area contributed by atoms with Gasteiger partial charge in [-0.2, -0.15) is 0 Å². The third-order valence-electron chi connectivity index (χ3n) is 4.58. The molecule has 0 saturated carbocycles. The molecule has 1 aliphatic heterocycles. The first-order valence-electron chi connectivity index (χ1n) is 9.19. The second kappa shape index (κ2) is 9.93. The minimum Gasteiger partial charge on any atom is -0.338 e. The van der Waals surface area contributed by atoms with Gasteiger partial charge in [-0.3, -0.25) is 19.6 Å². The molecule has 0 aromatic carbocycles. The molecule has 1 saturated heterocycles. The van der Waals surface area contributed by atoms with Crippen LogP contribution in [-0.4, -0.2) is 68.3 Å². The Balaban J connectivity index is 1.51. The van der Waals surface area contributed by atoms with Crippen molar-refractivity contribution < 1.29 is 9.59 Å². The summed E-state index contributed by atoms with van der Waals surface area (Å²) in [7, 11) is 0. The molecule has 0 radical (unpaired) electrons. The number of hydrogen-bond donors (Lipinski definition) is 0. The van der Waals surface area contributed by atoms with E-state index in [1.807, 2.05) is 47.9 Å². The highest BCUT2D eigenvalue weighted by molar-refractivity contribution is 8.00. The van der Waals surface area contributed by atoms with Gasteiger partial charge in [0, 0.05) is 59.8 Å². The summed E-state index contributed by atoms with van der Waals surface area (Å²) in [6.07, 6.45) is 6.91. The fraction of sp³-hybridized carbons (Fsp3) is 0.400. The Kier molecular flexibility index (Phi) is 7.33. The van der Waals surface area contributed by atoms with Gasteiger partial charge in [0.1, 0.15) is 0 Å². The molecule has 0 unspecified atom stereocenters. The van der Waals surface area contributed by atoms with Crippen molar-refractivity contribution in [1.82, 2.24) is 19.8 Å². The van der Waals surface area contributed by atoms with Gasteiger partial charge in [-0.05, 0) is 38.1 Å². The number of pyridine rings is 2. The molecular formula is C20H24N4O2S2. The number of aromatic nitrogens is 2. The van der Waals surface area contributed by atoms with Crippen molar-refractivity contribution >= 4 is 35.3 Å². The van der Waals surface area contributed by atoms with E-state index in [0.29, 0.717) is 24.6 Å². The van der Waals surface area contributed by atoms with Crippen molar-refractivity contribution in [3.8, 4) is 0 Å². The van der Waals surface area contributed by atoms with Gasteiger partial charge in [0.05, 0.1) is 11.5 Å². The van der Waals surface area contributed by atoms with E-state index in [1.54, 1.807) is 24.8 Å². The Labute approximate surface area is 174 Å². The Morgan fingerprint density at radius 1 is 0.857 bits per heavy atom. The van der Waals surface area contributed by atoms with Gasteiger partial charge >= 0.3 is 0 Å². The fourth-order valence-corrected chi connectivity index (χ4v) is 4.88. The van der Waals surface area contributed by atoms with E-state index in [0.717, 1.165) is 9.79 Å². The van der Waals surface area contributed by atoms with Crippen molar-refractivity contribution in [2.75, 3.05) is 24.6 Å². The van der Waals surface area contributed by atoms with Crippen molar-refractivity contribution in [1.29, 1.82) is 0 Å². The van der Waals surface area contributed by atoms with Crippen molar-refractivity contribution in [3.05, 3.63) is 49.1 Å². The van der Waals surface area contributed by atoms with Crippen LogP contribution in [0.15, 0.2) is 58.8 Å². The number of carbonyl (C=O) groups excluding carboxylic acids is 2. The Morgan fingerprint density at radius 3 is 1.75 bits per heavy atom. The maximum atomic E-state index is 12.8. The highest BCUT2D eigenvalue weighted by atomic mass is 32.2. The molecule has 2 amide bonds. The molecule has 2 atom stereocenters. The van der Waals surface area contributed by atoms with Gasteiger partial charge in [-0.25, -0.2) is 0 Å². The molecule has 2 aromatic heterocycles. The predicted molar refractivity (Wildman–Crippen MR) is 112 cm³/mol. The summed E-state index contributed by atoms with van der Waals surface area (Å²) in [4.78, 5) is 39.2. The molecule has 28 heavy (non-hydrogen) atoms. The van der Waals surface area contributed by atoms with E-state index in [4.69, 9.17) is 0 Å². The van der Waals surface area contributed by atoms with E-state index in [2.05, 4.69) is 9.97 Å². The van der Waals surface area contributed by atoms with Crippen LogP contribution in [-0.2, 0) is 9.59 Å². The summed E-state index contributed by atoms with van der Waals surface area (Å²) in [5.74, 6) is 1.01. The number of carbonyl (C=O) groups is 2. The highest BCUT2D eigenvalue weighted by Crippen LogP contribution is 2.23. The van der Waals surface area contributed by atoms with E-state index in [1.165, 1.54) is 23.5 Å². The number of thioether (sulfide) groups is 2. The normalized spacial score (nSPS) is 19.5. The SMILES string of the molecule is C[C@@H]1CN(C(=O)CSc2ccncc2)C[C@H](C)N1C(=O)CSc1ccncc1. The van der Waals surface area contributed by atoms with Crippen molar-refractivity contribution in [3.63, 3.8) is 0 Å². The van der Waals surface area contributed by atoms with Crippen LogP contribution in [0.5, 0.6) is 0 Å². The maximum absolute atomic E-state index is 12.8. The maximum Gasteiger partial charge on any atom is 0.233 e. The third-order valence-corrected chi connectivity index (χ3v) is 6.58. The Hall–Kier alpha value is -2.06. The fourth-order valence-electron chi connectivity index (χ4n) is 3.34. The van der Waals surface area contributed by atoms with Crippen LogP contribution < -0.4 is 0 Å². The number of rotatable bonds is 6. The van der Waals surface area contributed by atoms with Crippen LogP contribution >= 0.6 is 23.5 Å². The molecule has 3 heterocycles. The molecular weight excluding hydrogens is 392 g/mol. The second-order valence-electron chi connectivity index (χ2n) is 6.74. The van der Waals surface area contributed by atoms with Crippen LogP contribution in [0.3, 0.4) is 0 Å². The molecule has 0 N–H and O–H groups in total. The lowest BCUT2D eigenvalue weighted by molar-refractivity contribution is -0.142. The van der Waals surface area contributed by atoms with E-state index in [9.17, 15) is 9.59 Å². The summed E-state index contributed by atoms with van der Waals surface area (Å²) < 4.78 is 0. The van der Waals surface area contributed by atoms with Crippen LogP contribution in [0, 0.1) is 0 Å². The molecule has 6 nitrogen and oxygen atoms in total. The molecule has 1 aliphatic rings. The van der Waals surface area contributed by atoms with Gasteiger partial charge in [0.15, 0.2) is 0 Å². The Bertz CT molecular complexity index is 779. The lowest BCUT2D eigenvalue weighted by Gasteiger charge is -2.44. The molecule has 8 heteroatoms. The predicted octanol–water partition coefficient (Wildman–Crippen LogP) is 2.81. The van der Waals surface area contributed by atoms with Gasteiger partial charge in [0.25, 0.3) is 0 Å². The summed E-state index contributed by atoms with van der Waals surface area (Å²) in [6.45, 7) is 5.18. The lowest BCUT2D eigenvalue weighted by atomic mass is 10.1. The quantitative estimate of drug-likeness (QED) is 0.675. The largest absolute Gasteiger partial charge is 0.338 e. The Morgan fingerprint density at radius 2 is 1.29 bits per heavy atom. The average Bonchev–Trinajstić information content (AvgIpc) is 2.71. The van der Waals surface area contributed by atoms with Crippen LogP contribution in [0.2, 0.25) is 0 Å². The summed E-state index contributed by atoms with van der Waals surface area (Å²) >= 11 is 3.04. The monoisotopic (exact) mass is 416 g/mol. The molecule has 148 valence electrons. The molecule has 0 spiro atoms. The van der Waals surface area contributed by atoms with Gasteiger partial charge in [-0.15, -0.1) is 23.5 Å². The molecule has 0 bridgehead atoms. The molecule has 0 aliphatic carbocycles. The average molecular weight is 417 g/mol. The zero-order valence-corrected chi connectivity index (χ0v) is 17.7. The zero-order chi connectivity index (χ0) is 19.9. The smallest absolute Gasteiger partial charge is 0.233 e. The van der Waals surface area contributed by atoms with Crippen molar-refractivity contribution in [2.45, 2.75) is 35.7 Å². The third kappa shape index (κ3) is 5.48. The summed E-state index contributed by atoms with van der Waals surface area (Å²) in [6, 6.07) is 7.62. The number of amides is 2. The summed E-state index contributed by atoms with van der Waals surface area (Å²) in [5, 5.41) is 0. The van der Waals surface area contributed by atoms with Crippen LogP contribution in [0.4, 0.5) is 0 Å². The summed E-state index contributed by atoms with van der Waals surface area (Å²) in [5.41, 5.74) is 0. The minimum absolute atomic E-state index is 0.00386. The van der Waals surface area contributed by atoms with Gasteiger partial charge < -0.3 is 9.80 Å².